The molecule has 1 aromatic carbocycles. The van der Waals surface area contributed by atoms with Crippen LogP contribution >= 0.6 is 0 Å². The maximum Gasteiger partial charge on any atom is 0.261 e. The fourth-order valence-electron chi connectivity index (χ4n) is 3.81. The number of anilines is 1. The zero-order valence-corrected chi connectivity index (χ0v) is 17.8. The average Bonchev–Trinajstić information content (AvgIpc) is 2.64. The van der Waals surface area contributed by atoms with Crippen LogP contribution in [0.2, 0.25) is 0 Å². The van der Waals surface area contributed by atoms with Crippen molar-refractivity contribution < 1.29 is 14.4 Å². The minimum absolute atomic E-state index is 0.0274. The molecule has 0 radical (unpaired) electrons. The second-order valence-corrected chi connectivity index (χ2v) is 8.53. The fourth-order valence-corrected chi connectivity index (χ4v) is 3.81. The minimum Gasteiger partial charge on any atom is -0.339 e. The van der Waals surface area contributed by atoms with Crippen LogP contribution in [0.15, 0.2) is 35.1 Å². The summed E-state index contributed by atoms with van der Waals surface area (Å²) in [7, 11) is 0. The number of nitrogens with one attached hydrogen (secondary N) is 2. The van der Waals surface area contributed by atoms with E-state index in [4.69, 9.17) is 0 Å². The number of Topliss-reactive ketones (excluding diaryl/α,β-unsaturated/α-hetero) is 1. The highest BCUT2D eigenvalue weighted by molar-refractivity contribution is 6.06. The third kappa shape index (κ3) is 4.67. The molecular formula is C23H27N3O4. The predicted octanol–water partition coefficient (Wildman–Crippen LogP) is 3.15. The lowest BCUT2D eigenvalue weighted by Gasteiger charge is -2.29. The number of H-pyrrole nitrogens is 1. The lowest BCUT2D eigenvalue weighted by Crippen LogP contribution is -2.32. The molecule has 3 rings (SSSR count). The van der Waals surface area contributed by atoms with Gasteiger partial charge in [-0.25, -0.2) is 0 Å². The van der Waals surface area contributed by atoms with E-state index in [9.17, 15) is 19.2 Å². The molecule has 158 valence electrons. The number of carbonyl (C=O) groups excluding carboxylic acids is 3. The molecule has 0 atom stereocenters. The van der Waals surface area contributed by atoms with Crippen molar-refractivity contribution in [1.82, 2.24) is 9.88 Å². The van der Waals surface area contributed by atoms with Crippen LogP contribution in [-0.2, 0) is 17.8 Å². The Morgan fingerprint density at radius 2 is 1.90 bits per heavy atom. The van der Waals surface area contributed by atoms with E-state index in [1.807, 2.05) is 26.8 Å². The van der Waals surface area contributed by atoms with Crippen molar-refractivity contribution in [3.8, 4) is 0 Å². The maximum absolute atomic E-state index is 12.7. The van der Waals surface area contributed by atoms with Crippen molar-refractivity contribution >= 4 is 23.3 Å². The molecular weight excluding hydrogens is 382 g/mol. The minimum atomic E-state index is -0.576. The number of aromatic amines is 1. The summed E-state index contributed by atoms with van der Waals surface area (Å²) in [5.41, 5.74) is 1.55. The molecule has 0 bridgehead atoms. The Morgan fingerprint density at radius 1 is 1.17 bits per heavy atom. The van der Waals surface area contributed by atoms with Gasteiger partial charge in [0.05, 0.1) is 0 Å². The number of hydrogen-bond acceptors (Lipinski definition) is 4. The monoisotopic (exact) mass is 409 g/mol. The summed E-state index contributed by atoms with van der Waals surface area (Å²) in [6, 6.07) is 8.53. The molecule has 1 aliphatic rings. The number of hydrogen-bond donors (Lipinski definition) is 2. The van der Waals surface area contributed by atoms with Gasteiger partial charge in [-0.1, -0.05) is 26.0 Å². The Kier molecular flexibility index (Phi) is 5.92. The number of nitrogens with zero attached hydrogens (tertiary/aromatic N) is 1. The molecule has 0 saturated carbocycles. The number of ketones is 1. The quantitative estimate of drug-likeness (QED) is 0.792. The molecule has 0 spiro atoms. The summed E-state index contributed by atoms with van der Waals surface area (Å²) >= 11 is 0. The van der Waals surface area contributed by atoms with Crippen LogP contribution in [-0.4, -0.2) is 34.0 Å². The van der Waals surface area contributed by atoms with E-state index in [2.05, 4.69) is 10.3 Å². The number of pyridine rings is 1. The summed E-state index contributed by atoms with van der Waals surface area (Å²) in [6.07, 6.45) is 0.955. The Balaban J connectivity index is 1.83. The van der Waals surface area contributed by atoms with E-state index >= 15 is 0 Å². The molecule has 7 nitrogen and oxygen atoms in total. The third-order valence-electron chi connectivity index (χ3n) is 5.35. The first-order valence-corrected chi connectivity index (χ1v) is 10.0. The summed E-state index contributed by atoms with van der Waals surface area (Å²) in [5, 5.41) is 2.72. The standard InChI is InChI=1S/C23H27N3O4/c1-5-26(14(2)27)13-15-7-6-8-16(9-15)24-21(29)18-10-17-19(25-22(18)30)11-23(3,4)12-20(17)28/h6-10H,5,11-13H2,1-4H3,(H,24,29)(H,25,30). The van der Waals surface area contributed by atoms with Crippen LogP contribution in [0.1, 0.15) is 66.1 Å². The number of amides is 2. The summed E-state index contributed by atoms with van der Waals surface area (Å²) in [4.78, 5) is 53.8. The van der Waals surface area contributed by atoms with E-state index in [-0.39, 0.29) is 22.7 Å². The van der Waals surface area contributed by atoms with Gasteiger partial charge in [-0.3, -0.25) is 19.2 Å². The van der Waals surface area contributed by atoms with Gasteiger partial charge in [-0.05, 0) is 42.5 Å². The van der Waals surface area contributed by atoms with Crippen molar-refractivity contribution in [1.29, 1.82) is 0 Å². The molecule has 2 N–H and O–H groups in total. The van der Waals surface area contributed by atoms with E-state index in [1.165, 1.54) is 13.0 Å². The zero-order chi connectivity index (χ0) is 22.1. The smallest absolute Gasteiger partial charge is 0.261 e. The van der Waals surface area contributed by atoms with Crippen LogP contribution < -0.4 is 10.9 Å². The molecule has 1 heterocycles. The number of aromatic nitrogens is 1. The maximum atomic E-state index is 12.7. The lowest BCUT2D eigenvalue weighted by atomic mass is 9.75. The molecule has 0 fully saturated rings. The molecule has 1 aromatic heterocycles. The molecule has 30 heavy (non-hydrogen) atoms. The van der Waals surface area contributed by atoms with Gasteiger partial charge < -0.3 is 15.2 Å². The fraction of sp³-hybridized carbons (Fsp3) is 0.391. The molecule has 2 aromatic rings. The zero-order valence-electron chi connectivity index (χ0n) is 17.8. The van der Waals surface area contributed by atoms with Gasteiger partial charge in [0.25, 0.3) is 11.5 Å². The highest BCUT2D eigenvalue weighted by atomic mass is 16.2. The van der Waals surface area contributed by atoms with Crippen molar-refractivity contribution in [2.24, 2.45) is 5.41 Å². The second-order valence-electron chi connectivity index (χ2n) is 8.53. The third-order valence-corrected chi connectivity index (χ3v) is 5.35. The van der Waals surface area contributed by atoms with Gasteiger partial charge in [0.2, 0.25) is 5.91 Å². The van der Waals surface area contributed by atoms with Crippen molar-refractivity contribution in [3.63, 3.8) is 0 Å². The van der Waals surface area contributed by atoms with E-state index in [1.54, 1.807) is 23.1 Å². The molecule has 0 aliphatic heterocycles. The van der Waals surface area contributed by atoms with E-state index in [0.29, 0.717) is 42.9 Å². The molecule has 1 aliphatic carbocycles. The Morgan fingerprint density at radius 3 is 2.57 bits per heavy atom. The topological polar surface area (TPSA) is 99.3 Å². The van der Waals surface area contributed by atoms with Gasteiger partial charge in [-0.2, -0.15) is 0 Å². The SMILES string of the molecule is CCN(Cc1cccc(NC(=O)c2cc3c([nH]c2=O)CC(C)(C)CC3=O)c1)C(C)=O. The summed E-state index contributed by atoms with van der Waals surface area (Å²) < 4.78 is 0. The van der Waals surface area contributed by atoms with Crippen LogP contribution in [0.5, 0.6) is 0 Å². The first-order chi connectivity index (χ1) is 14.1. The Bertz CT molecular complexity index is 1070. The van der Waals surface area contributed by atoms with E-state index in [0.717, 1.165) is 5.56 Å². The highest BCUT2D eigenvalue weighted by Crippen LogP contribution is 2.33. The van der Waals surface area contributed by atoms with Gasteiger partial charge in [-0.15, -0.1) is 0 Å². The van der Waals surface area contributed by atoms with Gasteiger partial charge in [0.15, 0.2) is 5.78 Å². The first-order valence-electron chi connectivity index (χ1n) is 10.0. The molecule has 2 amide bonds. The van der Waals surface area contributed by atoms with Crippen molar-refractivity contribution in [2.75, 3.05) is 11.9 Å². The first kappa shape index (κ1) is 21.5. The summed E-state index contributed by atoms with van der Waals surface area (Å²) in [5.74, 6) is -0.675. The molecule has 0 saturated heterocycles. The summed E-state index contributed by atoms with van der Waals surface area (Å²) in [6.45, 7) is 8.38. The second kappa shape index (κ2) is 8.26. The van der Waals surface area contributed by atoms with Crippen LogP contribution in [0.25, 0.3) is 0 Å². The normalized spacial score (nSPS) is 14.7. The molecule has 7 heteroatoms. The van der Waals surface area contributed by atoms with Gasteiger partial charge >= 0.3 is 0 Å². The van der Waals surface area contributed by atoms with E-state index < -0.39 is 11.5 Å². The van der Waals surface area contributed by atoms with Gasteiger partial charge in [0.1, 0.15) is 5.56 Å². The van der Waals surface area contributed by atoms with Crippen LogP contribution in [0.3, 0.4) is 0 Å². The number of benzene rings is 1. The van der Waals surface area contributed by atoms with Crippen LogP contribution in [0, 0.1) is 5.41 Å². The van der Waals surface area contributed by atoms with Crippen molar-refractivity contribution in [2.45, 2.75) is 47.1 Å². The largest absolute Gasteiger partial charge is 0.339 e. The highest BCUT2D eigenvalue weighted by Gasteiger charge is 2.32. The number of carbonyl (C=O) groups is 3. The number of rotatable bonds is 5. The van der Waals surface area contributed by atoms with Gasteiger partial charge in [0, 0.05) is 43.4 Å². The molecule has 0 unspecified atom stereocenters. The number of fused-ring (bicyclic) bond motifs is 1. The Labute approximate surface area is 175 Å². The average molecular weight is 409 g/mol. The van der Waals surface area contributed by atoms with Crippen molar-refractivity contribution in [3.05, 3.63) is 63.1 Å². The lowest BCUT2D eigenvalue weighted by molar-refractivity contribution is -0.129. The Hall–Kier alpha value is -3.22. The predicted molar refractivity (Wildman–Crippen MR) is 115 cm³/mol. The van der Waals surface area contributed by atoms with Crippen LogP contribution in [0.4, 0.5) is 5.69 Å².